The number of rotatable bonds is 3. The fourth-order valence-corrected chi connectivity index (χ4v) is 0.835. The van der Waals surface area contributed by atoms with Crippen LogP contribution < -0.4 is 0 Å². The molecule has 1 heterocycles. The molecule has 12 heavy (non-hydrogen) atoms. The molecule has 0 aliphatic carbocycles. The van der Waals surface area contributed by atoms with E-state index in [0.29, 0.717) is 0 Å². The van der Waals surface area contributed by atoms with Crippen LogP contribution in [0.15, 0.2) is 36.7 Å². The number of allylic oxidation sites excluding steroid dienone is 2. The monoisotopic (exact) mass is 164 g/mol. The summed E-state index contributed by atoms with van der Waals surface area (Å²) in [6.07, 6.45) is 5.30. The van der Waals surface area contributed by atoms with Gasteiger partial charge < -0.3 is 5.11 Å². The van der Waals surface area contributed by atoms with Gasteiger partial charge >= 0.3 is 0 Å². The quantitative estimate of drug-likeness (QED) is 0.683. The lowest BCUT2D eigenvalue weighted by atomic mass is 10.3. The molecule has 0 saturated heterocycles. The van der Waals surface area contributed by atoms with Crippen LogP contribution in [-0.4, -0.2) is 21.5 Å². The number of hydrogen-bond acceptors (Lipinski definition) is 2. The predicted molar refractivity (Wildman–Crippen MR) is 48.4 cm³/mol. The van der Waals surface area contributed by atoms with Gasteiger partial charge in [-0.3, -0.25) is 0 Å². The highest BCUT2D eigenvalue weighted by molar-refractivity contribution is 5.54. The van der Waals surface area contributed by atoms with Crippen molar-refractivity contribution < 1.29 is 5.11 Å². The first-order valence-electron chi connectivity index (χ1n) is 3.71. The standard InChI is InChI=1S/C9H12N2O/c1-8(7-12)6-9(2)11-5-3-4-10-11/h3-6,12H,2,7H2,1H3/b8-6+. The van der Waals surface area contributed by atoms with Gasteiger partial charge in [0.1, 0.15) is 0 Å². The van der Waals surface area contributed by atoms with E-state index in [1.54, 1.807) is 17.0 Å². The van der Waals surface area contributed by atoms with Gasteiger partial charge in [0.15, 0.2) is 0 Å². The van der Waals surface area contributed by atoms with Crippen LogP contribution >= 0.6 is 0 Å². The summed E-state index contributed by atoms with van der Waals surface area (Å²) in [5.41, 5.74) is 1.63. The summed E-state index contributed by atoms with van der Waals surface area (Å²) >= 11 is 0. The van der Waals surface area contributed by atoms with Crippen molar-refractivity contribution in [1.82, 2.24) is 9.78 Å². The molecule has 0 saturated carbocycles. The van der Waals surface area contributed by atoms with Crippen molar-refractivity contribution in [2.24, 2.45) is 0 Å². The molecule has 64 valence electrons. The van der Waals surface area contributed by atoms with Crippen LogP contribution in [0.3, 0.4) is 0 Å². The molecule has 0 aliphatic rings. The first-order valence-corrected chi connectivity index (χ1v) is 3.71. The second kappa shape index (κ2) is 3.88. The number of aliphatic hydroxyl groups is 1. The number of hydrogen-bond donors (Lipinski definition) is 1. The Hall–Kier alpha value is -1.35. The zero-order valence-corrected chi connectivity index (χ0v) is 7.07. The molecule has 0 atom stereocenters. The van der Waals surface area contributed by atoms with E-state index in [0.717, 1.165) is 11.3 Å². The van der Waals surface area contributed by atoms with Gasteiger partial charge in [0.2, 0.25) is 0 Å². The Bertz CT molecular complexity index is 285. The molecular weight excluding hydrogens is 152 g/mol. The van der Waals surface area contributed by atoms with E-state index in [-0.39, 0.29) is 6.61 Å². The fraction of sp³-hybridized carbons (Fsp3) is 0.222. The highest BCUT2D eigenvalue weighted by atomic mass is 16.3. The minimum Gasteiger partial charge on any atom is -0.392 e. The van der Waals surface area contributed by atoms with Gasteiger partial charge in [-0.05, 0) is 24.6 Å². The number of nitrogens with zero attached hydrogens (tertiary/aromatic N) is 2. The first-order chi connectivity index (χ1) is 5.74. The Kier molecular flexibility index (Phi) is 2.82. The number of aliphatic hydroxyl groups excluding tert-OH is 1. The van der Waals surface area contributed by atoms with Crippen LogP contribution in [0, 0.1) is 0 Å². The summed E-state index contributed by atoms with van der Waals surface area (Å²) < 4.78 is 1.65. The lowest BCUT2D eigenvalue weighted by Gasteiger charge is -2.00. The summed E-state index contributed by atoms with van der Waals surface area (Å²) in [6, 6.07) is 1.83. The Labute approximate surface area is 71.6 Å². The highest BCUT2D eigenvalue weighted by Gasteiger charge is 1.93. The van der Waals surface area contributed by atoms with Crippen molar-refractivity contribution in [1.29, 1.82) is 0 Å². The van der Waals surface area contributed by atoms with Gasteiger partial charge in [-0.1, -0.05) is 6.58 Å². The maximum atomic E-state index is 8.74. The SMILES string of the molecule is C=C(/C=C(\C)CO)n1cccn1. The van der Waals surface area contributed by atoms with Crippen LogP contribution in [0.25, 0.3) is 5.70 Å². The van der Waals surface area contributed by atoms with Crippen LogP contribution in [0.1, 0.15) is 6.92 Å². The minimum absolute atomic E-state index is 0.0558. The summed E-state index contributed by atoms with van der Waals surface area (Å²) in [6.45, 7) is 5.70. The molecule has 1 aromatic rings. The maximum absolute atomic E-state index is 8.74. The van der Waals surface area contributed by atoms with Crippen LogP contribution in [-0.2, 0) is 0 Å². The largest absolute Gasteiger partial charge is 0.392 e. The maximum Gasteiger partial charge on any atom is 0.0642 e. The molecule has 0 aromatic carbocycles. The molecule has 0 radical (unpaired) electrons. The van der Waals surface area contributed by atoms with Crippen molar-refractivity contribution in [3.8, 4) is 0 Å². The zero-order valence-electron chi connectivity index (χ0n) is 7.07. The van der Waals surface area contributed by atoms with E-state index in [1.165, 1.54) is 0 Å². The molecule has 0 bridgehead atoms. The Balaban J connectivity index is 2.74. The molecule has 1 rings (SSSR count). The molecule has 0 aliphatic heterocycles. The molecule has 3 nitrogen and oxygen atoms in total. The second-order valence-electron chi connectivity index (χ2n) is 2.59. The average Bonchev–Trinajstić information content (AvgIpc) is 2.56. The Morgan fingerprint density at radius 2 is 2.50 bits per heavy atom. The predicted octanol–water partition coefficient (Wildman–Crippen LogP) is 1.29. The molecule has 0 amide bonds. The molecule has 0 fully saturated rings. The Morgan fingerprint density at radius 3 is 3.00 bits per heavy atom. The van der Waals surface area contributed by atoms with E-state index in [1.807, 2.05) is 19.2 Å². The summed E-state index contributed by atoms with van der Waals surface area (Å²) in [5, 5.41) is 12.7. The van der Waals surface area contributed by atoms with E-state index >= 15 is 0 Å². The van der Waals surface area contributed by atoms with Crippen molar-refractivity contribution in [3.05, 3.63) is 36.7 Å². The normalized spacial score (nSPS) is 11.7. The second-order valence-corrected chi connectivity index (χ2v) is 2.59. The van der Waals surface area contributed by atoms with Gasteiger partial charge in [-0.25, -0.2) is 4.68 Å². The van der Waals surface area contributed by atoms with Crippen molar-refractivity contribution >= 4 is 5.70 Å². The van der Waals surface area contributed by atoms with Gasteiger partial charge in [0, 0.05) is 12.4 Å². The van der Waals surface area contributed by atoms with Crippen LogP contribution in [0.2, 0.25) is 0 Å². The third kappa shape index (κ3) is 2.07. The van der Waals surface area contributed by atoms with Gasteiger partial charge in [0.25, 0.3) is 0 Å². The highest BCUT2D eigenvalue weighted by Crippen LogP contribution is 2.04. The fourth-order valence-electron chi connectivity index (χ4n) is 0.835. The van der Waals surface area contributed by atoms with Crippen LogP contribution in [0.5, 0.6) is 0 Å². The Morgan fingerprint density at radius 1 is 1.75 bits per heavy atom. The zero-order chi connectivity index (χ0) is 8.97. The minimum atomic E-state index is 0.0558. The van der Waals surface area contributed by atoms with Gasteiger partial charge in [-0.2, -0.15) is 5.10 Å². The van der Waals surface area contributed by atoms with E-state index in [4.69, 9.17) is 5.11 Å². The molecule has 1 aromatic heterocycles. The van der Waals surface area contributed by atoms with E-state index in [9.17, 15) is 0 Å². The summed E-state index contributed by atoms with van der Waals surface area (Å²) in [5.74, 6) is 0. The van der Waals surface area contributed by atoms with E-state index in [2.05, 4.69) is 11.7 Å². The molecule has 0 spiro atoms. The summed E-state index contributed by atoms with van der Waals surface area (Å²) in [4.78, 5) is 0. The lowest BCUT2D eigenvalue weighted by molar-refractivity contribution is 0.331. The molecule has 0 unspecified atom stereocenters. The van der Waals surface area contributed by atoms with Crippen molar-refractivity contribution in [3.63, 3.8) is 0 Å². The van der Waals surface area contributed by atoms with Crippen LogP contribution in [0.4, 0.5) is 0 Å². The molecule has 3 heteroatoms. The topological polar surface area (TPSA) is 38.0 Å². The molecule has 1 N–H and O–H groups in total. The summed E-state index contributed by atoms with van der Waals surface area (Å²) in [7, 11) is 0. The number of aromatic nitrogens is 2. The van der Waals surface area contributed by atoms with Crippen molar-refractivity contribution in [2.75, 3.05) is 6.61 Å². The van der Waals surface area contributed by atoms with Gasteiger partial charge in [-0.15, -0.1) is 0 Å². The first kappa shape index (κ1) is 8.74. The third-order valence-electron chi connectivity index (χ3n) is 1.46. The smallest absolute Gasteiger partial charge is 0.0642 e. The molecular formula is C9H12N2O. The lowest BCUT2D eigenvalue weighted by Crippen LogP contribution is -1.95. The average molecular weight is 164 g/mol. The van der Waals surface area contributed by atoms with Gasteiger partial charge in [0.05, 0.1) is 12.3 Å². The third-order valence-corrected chi connectivity index (χ3v) is 1.46. The van der Waals surface area contributed by atoms with E-state index < -0.39 is 0 Å². The van der Waals surface area contributed by atoms with Crippen molar-refractivity contribution in [2.45, 2.75) is 6.92 Å².